The third-order valence-electron chi connectivity index (χ3n) is 5.44. The summed E-state index contributed by atoms with van der Waals surface area (Å²) in [7, 11) is 0. The molecule has 7 heteroatoms. The second-order valence-corrected chi connectivity index (χ2v) is 7.25. The van der Waals surface area contributed by atoms with Gasteiger partial charge in [-0.05, 0) is 42.8 Å². The van der Waals surface area contributed by atoms with E-state index < -0.39 is 0 Å². The number of nitrogens with zero attached hydrogens (tertiary/aromatic N) is 4. The molecule has 2 aromatic heterocycles. The van der Waals surface area contributed by atoms with Crippen molar-refractivity contribution in [1.29, 1.82) is 5.26 Å². The van der Waals surface area contributed by atoms with Crippen LogP contribution in [0, 0.1) is 11.3 Å². The first-order valence-corrected chi connectivity index (χ1v) is 9.85. The first kappa shape index (κ1) is 18.2. The van der Waals surface area contributed by atoms with Gasteiger partial charge in [-0.1, -0.05) is 30.3 Å². The molecular formula is C23H20N6O. The predicted octanol–water partition coefficient (Wildman–Crippen LogP) is 3.88. The minimum Gasteiger partial charge on any atom is -0.457 e. The van der Waals surface area contributed by atoms with E-state index in [2.05, 4.69) is 21.4 Å². The number of benzene rings is 2. The molecule has 1 saturated heterocycles. The van der Waals surface area contributed by atoms with Crippen molar-refractivity contribution in [2.24, 2.45) is 0 Å². The molecule has 1 atom stereocenters. The lowest BCUT2D eigenvalue weighted by atomic mass is 10.0. The fourth-order valence-corrected chi connectivity index (χ4v) is 4.08. The standard InChI is InChI=1S/C23H20N6O/c24-12-19-20(15-6-8-18(9-7-15)30-17-4-2-1-3-5-17)21-22(25)27-14-28-23(21)29(19)16-10-11-26-13-16/h1-9,14,16,26H,10-11,13H2,(H2,25,27,28). The van der Waals surface area contributed by atoms with Gasteiger partial charge in [0.15, 0.2) is 0 Å². The maximum absolute atomic E-state index is 10.1. The Morgan fingerprint density at radius 2 is 1.83 bits per heavy atom. The number of nitrogens with one attached hydrogen (secondary N) is 1. The third-order valence-corrected chi connectivity index (χ3v) is 5.44. The van der Waals surface area contributed by atoms with Gasteiger partial charge in [0.05, 0.1) is 11.4 Å². The van der Waals surface area contributed by atoms with E-state index in [1.54, 1.807) is 0 Å². The van der Waals surface area contributed by atoms with Crippen molar-refractivity contribution in [2.45, 2.75) is 12.5 Å². The van der Waals surface area contributed by atoms with Crippen LogP contribution in [-0.4, -0.2) is 27.6 Å². The molecule has 4 aromatic rings. The van der Waals surface area contributed by atoms with Crippen LogP contribution >= 0.6 is 0 Å². The van der Waals surface area contributed by atoms with Gasteiger partial charge < -0.3 is 20.4 Å². The number of hydrogen-bond acceptors (Lipinski definition) is 6. The predicted molar refractivity (Wildman–Crippen MR) is 115 cm³/mol. The van der Waals surface area contributed by atoms with E-state index in [-0.39, 0.29) is 6.04 Å². The maximum atomic E-state index is 10.1. The van der Waals surface area contributed by atoms with Gasteiger partial charge in [-0.3, -0.25) is 0 Å². The van der Waals surface area contributed by atoms with E-state index in [9.17, 15) is 5.26 Å². The van der Waals surface area contributed by atoms with E-state index in [1.807, 2.05) is 59.2 Å². The Balaban J connectivity index is 1.63. The fraction of sp³-hybridized carbons (Fsp3) is 0.174. The number of nitriles is 1. The Kier molecular flexibility index (Phi) is 4.54. The molecule has 3 heterocycles. The average Bonchev–Trinajstić information content (AvgIpc) is 3.41. The molecule has 0 aliphatic carbocycles. The highest BCUT2D eigenvalue weighted by Gasteiger charge is 2.28. The molecule has 0 radical (unpaired) electrons. The SMILES string of the molecule is N#Cc1c(-c2ccc(Oc3ccccc3)cc2)c2c(N)ncnc2n1C1CCNC1. The minimum absolute atomic E-state index is 0.158. The normalized spacial score (nSPS) is 15.9. The lowest BCUT2D eigenvalue weighted by Crippen LogP contribution is -2.15. The van der Waals surface area contributed by atoms with Crippen LogP contribution in [0.1, 0.15) is 18.2 Å². The van der Waals surface area contributed by atoms with Crippen LogP contribution in [0.15, 0.2) is 60.9 Å². The monoisotopic (exact) mass is 396 g/mol. The number of hydrogen-bond donors (Lipinski definition) is 2. The van der Waals surface area contributed by atoms with Gasteiger partial charge >= 0.3 is 0 Å². The van der Waals surface area contributed by atoms with Crippen LogP contribution in [0.25, 0.3) is 22.2 Å². The summed E-state index contributed by atoms with van der Waals surface area (Å²) in [5.41, 5.74) is 9.15. The van der Waals surface area contributed by atoms with E-state index in [1.165, 1.54) is 6.33 Å². The average molecular weight is 396 g/mol. The smallest absolute Gasteiger partial charge is 0.147 e. The number of anilines is 1. The number of nitrogens with two attached hydrogens (primary N) is 1. The van der Waals surface area contributed by atoms with Crippen LogP contribution in [0.4, 0.5) is 5.82 Å². The van der Waals surface area contributed by atoms with Crippen molar-refractivity contribution in [3.8, 4) is 28.7 Å². The number of rotatable bonds is 4. The Morgan fingerprint density at radius 3 is 2.53 bits per heavy atom. The van der Waals surface area contributed by atoms with Gasteiger partial charge in [0, 0.05) is 12.1 Å². The van der Waals surface area contributed by atoms with Crippen molar-refractivity contribution in [1.82, 2.24) is 19.9 Å². The topological polar surface area (TPSA) is 102 Å². The zero-order chi connectivity index (χ0) is 20.5. The molecular weight excluding hydrogens is 376 g/mol. The van der Waals surface area contributed by atoms with Gasteiger partial charge in [-0.15, -0.1) is 0 Å². The van der Waals surface area contributed by atoms with Gasteiger partial charge in [-0.2, -0.15) is 5.26 Å². The molecule has 1 aliphatic rings. The van der Waals surface area contributed by atoms with Crippen molar-refractivity contribution < 1.29 is 4.74 Å². The maximum Gasteiger partial charge on any atom is 0.147 e. The number of ether oxygens (including phenoxy) is 1. The summed E-state index contributed by atoms with van der Waals surface area (Å²) in [6.07, 6.45) is 2.39. The third kappa shape index (κ3) is 3.04. The van der Waals surface area contributed by atoms with Crippen LogP contribution in [0.2, 0.25) is 0 Å². The van der Waals surface area contributed by atoms with E-state index >= 15 is 0 Å². The van der Waals surface area contributed by atoms with Crippen molar-refractivity contribution >= 4 is 16.9 Å². The van der Waals surface area contributed by atoms with Crippen LogP contribution in [0.5, 0.6) is 11.5 Å². The molecule has 0 amide bonds. The molecule has 0 spiro atoms. The van der Waals surface area contributed by atoms with Gasteiger partial charge in [0.1, 0.15) is 41.1 Å². The lowest BCUT2D eigenvalue weighted by molar-refractivity contribution is 0.483. The summed E-state index contributed by atoms with van der Waals surface area (Å²) >= 11 is 0. The molecule has 1 unspecified atom stereocenters. The first-order valence-electron chi connectivity index (χ1n) is 9.85. The fourth-order valence-electron chi connectivity index (χ4n) is 4.08. The molecule has 5 rings (SSSR count). The van der Waals surface area contributed by atoms with Crippen molar-refractivity contribution in [3.05, 3.63) is 66.6 Å². The zero-order valence-corrected chi connectivity index (χ0v) is 16.2. The number of para-hydroxylation sites is 1. The minimum atomic E-state index is 0.158. The summed E-state index contributed by atoms with van der Waals surface area (Å²) in [6.45, 7) is 1.71. The van der Waals surface area contributed by atoms with Crippen molar-refractivity contribution in [2.75, 3.05) is 18.8 Å². The number of aromatic nitrogens is 3. The van der Waals surface area contributed by atoms with Gasteiger partial charge in [-0.25, -0.2) is 9.97 Å². The first-order chi connectivity index (χ1) is 14.8. The summed E-state index contributed by atoms with van der Waals surface area (Å²) in [4.78, 5) is 8.67. The van der Waals surface area contributed by atoms with Gasteiger partial charge in [0.25, 0.3) is 0 Å². The van der Waals surface area contributed by atoms with Gasteiger partial charge in [0.2, 0.25) is 0 Å². The second-order valence-electron chi connectivity index (χ2n) is 7.25. The van der Waals surface area contributed by atoms with Crippen LogP contribution in [0.3, 0.4) is 0 Å². The molecule has 7 nitrogen and oxygen atoms in total. The summed E-state index contributed by atoms with van der Waals surface area (Å²) < 4.78 is 7.91. The summed E-state index contributed by atoms with van der Waals surface area (Å²) in [5.74, 6) is 1.86. The molecule has 3 N–H and O–H groups in total. The summed E-state index contributed by atoms with van der Waals surface area (Å²) in [5, 5.41) is 14.1. The Hall–Kier alpha value is -3.89. The molecule has 0 bridgehead atoms. The molecule has 148 valence electrons. The molecule has 30 heavy (non-hydrogen) atoms. The van der Waals surface area contributed by atoms with E-state index in [0.29, 0.717) is 17.2 Å². The number of fused-ring (bicyclic) bond motifs is 1. The largest absolute Gasteiger partial charge is 0.457 e. The molecule has 1 aliphatic heterocycles. The highest BCUT2D eigenvalue weighted by molar-refractivity contribution is 6.03. The Labute approximate surface area is 173 Å². The quantitative estimate of drug-likeness (QED) is 0.543. The van der Waals surface area contributed by atoms with Crippen molar-refractivity contribution in [3.63, 3.8) is 0 Å². The Bertz CT molecular complexity index is 1230. The van der Waals surface area contributed by atoms with Crippen LogP contribution in [-0.2, 0) is 0 Å². The second kappa shape index (κ2) is 7.50. The molecule has 0 saturated carbocycles. The van der Waals surface area contributed by atoms with Crippen LogP contribution < -0.4 is 15.8 Å². The highest BCUT2D eigenvalue weighted by atomic mass is 16.5. The van der Waals surface area contributed by atoms with E-state index in [4.69, 9.17) is 10.5 Å². The lowest BCUT2D eigenvalue weighted by Gasteiger charge is -2.13. The Morgan fingerprint density at radius 1 is 1.07 bits per heavy atom. The van der Waals surface area contributed by atoms with E-state index in [0.717, 1.165) is 47.5 Å². The summed E-state index contributed by atoms with van der Waals surface area (Å²) in [6, 6.07) is 19.8. The molecule has 1 fully saturated rings. The number of nitrogen functional groups attached to an aromatic ring is 1. The molecule has 2 aromatic carbocycles. The zero-order valence-electron chi connectivity index (χ0n) is 16.2. The highest BCUT2D eigenvalue weighted by Crippen LogP contribution is 2.39.